The Kier molecular flexibility index (Phi) is 5.17. The predicted octanol–water partition coefficient (Wildman–Crippen LogP) is 3.10. The van der Waals surface area contributed by atoms with Crippen LogP contribution in [0, 0.1) is 0 Å². The zero-order valence-corrected chi connectivity index (χ0v) is 14.7. The normalized spacial score (nSPS) is 17.2. The van der Waals surface area contributed by atoms with Crippen molar-refractivity contribution in [3.05, 3.63) is 42.0 Å². The second kappa shape index (κ2) is 7.32. The van der Waals surface area contributed by atoms with Gasteiger partial charge in [-0.1, -0.05) is 24.3 Å². The second-order valence-corrected chi connectivity index (χ2v) is 6.65. The van der Waals surface area contributed by atoms with Gasteiger partial charge in [0.2, 0.25) is 0 Å². The summed E-state index contributed by atoms with van der Waals surface area (Å²) in [5, 5.41) is 5.31. The van der Waals surface area contributed by atoms with Crippen LogP contribution in [0.1, 0.15) is 31.1 Å². The van der Waals surface area contributed by atoms with E-state index in [-0.39, 0.29) is 17.9 Å². The van der Waals surface area contributed by atoms with Crippen molar-refractivity contribution in [1.82, 2.24) is 10.2 Å². The molecular weight excluding hydrogens is 300 g/mol. The Morgan fingerprint density at radius 2 is 1.71 bits per heavy atom. The Morgan fingerprint density at radius 3 is 2.38 bits per heavy atom. The first kappa shape index (κ1) is 16.9. The zero-order valence-electron chi connectivity index (χ0n) is 14.7. The topological polar surface area (TPSA) is 41.6 Å². The third-order valence-electron chi connectivity index (χ3n) is 4.59. The third kappa shape index (κ3) is 3.45. The second-order valence-electron chi connectivity index (χ2n) is 6.65. The van der Waals surface area contributed by atoms with Crippen molar-refractivity contribution in [3.63, 3.8) is 0 Å². The van der Waals surface area contributed by atoms with Crippen LogP contribution in [0.25, 0.3) is 10.8 Å². The van der Waals surface area contributed by atoms with Gasteiger partial charge in [0.1, 0.15) is 5.75 Å². The van der Waals surface area contributed by atoms with Gasteiger partial charge in [0.15, 0.2) is 5.78 Å². The van der Waals surface area contributed by atoms with E-state index in [0.717, 1.165) is 48.3 Å². The Hall–Kier alpha value is -1.91. The minimum atomic E-state index is -0.104. The maximum Gasteiger partial charge on any atom is 0.180 e. The van der Waals surface area contributed by atoms with Crippen LogP contribution in [-0.2, 0) is 0 Å². The highest BCUT2D eigenvalue weighted by Crippen LogP contribution is 2.30. The van der Waals surface area contributed by atoms with Crippen molar-refractivity contribution in [2.45, 2.75) is 32.9 Å². The fourth-order valence-electron chi connectivity index (χ4n) is 3.30. The Bertz CT molecular complexity index is 721. The molecule has 24 heavy (non-hydrogen) atoms. The number of ketones is 1. The lowest BCUT2D eigenvalue weighted by molar-refractivity contribution is 0.0822. The van der Waals surface area contributed by atoms with Gasteiger partial charge >= 0.3 is 0 Å². The number of piperazine rings is 1. The fourth-order valence-corrected chi connectivity index (χ4v) is 3.30. The third-order valence-corrected chi connectivity index (χ3v) is 4.59. The van der Waals surface area contributed by atoms with Gasteiger partial charge in [-0.3, -0.25) is 9.69 Å². The fraction of sp³-hybridized carbons (Fsp3) is 0.450. The van der Waals surface area contributed by atoms with Crippen LogP contribution in [0.2, 0.25) is 0 Å². The van der Waals surface area contributed by atoms with Crippen LogP contribution in [0.4, 0.5) is 0 Å². The van der Waals surface area contributed by atoms with Crippen molar-refractivity contribution < 1.29 is 9.53 Å². The van der Waals surface area contributed by atoms with Crippen molar-refractivity contribution in [1.29, 1.82) is 0 Å². The molecule has 2 aromatic rings. The van der Waals surface area contributed by atoms with Crippen molar-refractivity contribution in [2.24, 2.45) is 0 Å². The summed E-state index contributed by atoms with van der Waals surface area (Å²) in [6, 6.07) is 11.8. The molecule has 0 saturated carbocycles. The highest BCUT2D eigenvalue weighted by molar-refractivity contribution is 6.11. The number of rotatable bonds is 5. The molecule has 1 aliphatic rings. The van der Waals surface area contributed by atoms with Gasteiger partial charge in [0, 0.05) is 37.1 Å². The van der Waals surface area contributed by atoms with E-state index in [9.17, 15) is 4.79 Å². The van der Waals surface area contributed by atoms with E-state index in [1.807, 2.05) is 57.2 Å². The van der Waals surface area contributed by atoms with Gasteiger partial charge in [-0.05, 0) is 38.3 Å². The first-order valence-electron chi connectivity index (χ1n) is 8.75. The van der Waals surface area contributed by atoms with Gasteiger partial charge in [-0.15, -0.1) is 0 Å². The number of fused-ring (bicyclic) bond motifs is 1. The minimum absolute atomic E-state index is 0.104. The molecule has 0 spiro atoms. The molecule has 1 N–H and O–H groups in total. The molecular formula is C20H26N2O2. The van der Waals surface area contributed by atoms with Gasteiger partial charge in [-0.25, -0.2) is 0 Å². The summed E-state index contributed by atoms with van der Waals surface area (Å²) in [5.41, 5.74) is 0.785. The molecule has 4 heteroatoms. The summed E-state index contributed by atoms with van der Waals surface area (Å²) in [6.07, 6.45) is 0.106. The SMILES string of the molecule is CC(C)Oc1ccc(C(=O)C(C)N2CCNCC2)c2ccccc12. The molecule has 1 heterocycles. The summed E-state index contributed by atoms with van der Waals surface area (Å²) in [6.45, 7) is 9.76. The summed E-state index contributed by atoms with van der Waals surface area (Å²) >= 11 is 0. The lowest BCUT2D eigenvalue weighted by Crippen LogP contribution is -2.50. The Morgan fingerprint density at radius 1 is 1.04 bits per heavy atom. The highest BCUT2D eigenvalue weighted by atomic mass is 16.5. The van der Waals surface area contributed by atoms with E-state index in [4.69, 9.17) is 4.74 Å². The first-order valence-corrected chi connectivity index (χ1v) is 8.75. The molecule has 128 valence electrons. The standard InChI is InChI=1S/C20H26N2O2/c1-14(2)24-19-9-8-18(16-6-4-5-7-17(16)19)20(23)15(3)22-12-10-21-11-13-22/h4-9,14-15,21H,10-13H2,1-3H3. The number of ether oxygens (including phenoxy) is 1. The predicted molar refractivity (Wildman–Crippen MR) is 97.9 cm³/mol. The van der Waals surface area contributed by atoms with E-state index < -0.39 is 0 Å². The van der Waals surface area contributed by atoms with E-state index in [0.29, 0.717) is 0 Å². The number of benzene rings is 2. The smallest absolute Gasteiger partial charge is 0.180 e. The van der Waals surface area contributed by atoms with Gasteiger partial charge in [0.05, 0.1) is 12.1 Å². The number of Topliss-reactive ketones (excluding diaryl/α,β-unsaturated/α-hetero) is 1. The maximum atomic E-state index is 13.1. The van der Waals surface area contributed by atoms with Crippen LogP contribution >= 0.6 is 0 Å². The van der Waals surface area contributed by atoms with Crippen LogP contribution in [0.5, 0.6) is 5.75 Å². The highest BCUT2D eigenvalue weighted by Gasteiger charge is 2.25. The molecule has 0 bridgehead atoms. The molecule has 4 nitrogen and oxygen atoms in total. The van der Waals surface area contributed by atoms with Gasteiger partial charge < -0.3 is 10.1 Å². The largest absolute Gasteiger partial charge is 0.490 e. The van der Waals surface area contributed by atoms with Crippen molar-refractivity contribution in [2.75, 3.05) is 26.2 Å². The zero-order chi connectivity index (χ0) is 17.1. The molecule has 0 aromatic heterocycles. The minimum Gasteiger partial charge on any atom is -0.490 e. The number of hydrogen-bond donors (Lipinski definition) is 1. The quantitative estimate of drug-likeness (QED) is 0.857. The molecule has 0 aliphatic carbocycles. The molecule has 3 rings (SSSR count). The first-order chi connectivity index (χ1) is 11.6. The average molecular weight is 326 g/mol. The lowest BCUT2D eigenvalue weighted by Gasteiger charge is -2.32. The number of hydrogen-bond acceptors (Lipinski definition) is 4. The molecule has 2 aromatic carbocycles. The average Bonchev–Trinajstić information content (AvgIpc) is 2.61. The van der Waals surface area contributed by atoms with Gasteiger partial charge in [-0.2, -0.15) is 0 Å². The van der Waals surface area contributed by atoms with E-state index in [2.05, 4.69) is 10.2 Å². The summed E-state index contributed by atoms with van der Waals surface area (Å²) in [7, 11) is 0. The van der Waals surface area contributed by atoms with E-state index >= 15 is 0 Å². The summed E-state index contributed by atoms with van der Waals surface area (Å²) in [5.74, 6) is 1.02. The monoisotopic (exact) mass is 326 g/mol. The number of carbonyl (C=O) groups excluding carboxylic acids is 1. The number of nitrogens with zero attached hydrogens (tertiary/aromatic N) is 1. The lowest BCUT2D eigenvalue weighted by atomic mass is 9.96. The van der Waals surface area contributed by atoms with E-state index in [1.165, 1.54) is 0 Å². The van der Waals surface area contributed by atoms with Crippen LogP contribution in [0.15, 0.2) is 36.4 Å². The molecule has 1 fully saturated rings. The molecule has 1 unspecified atom stereocenters. The molecule has 0 radical (unpaired) electrons. The van der Waals surface area contributed by atoms with Crippen LogP contribution < -0.4 is 10.1 Å². The Labute approximate surface area is 143 Å². The summed E-state index contributed by atoms with van der Waals surface area (Å²) in [4.78, 5) is 15.3. The maximum absolute atomic E-state index is 13.1. The van der Waals surface area contributed by atoms with Crippen LogP contribution in [0.3, 0.4) is 0 Å². The van der Waals surface area contributed by atoms with Crippen LogP contribution in [-0.4, -0.2) is 49.0 Å². The molecule has 1 saturated heterocycles. The Balaban J connectivity index is 1.95. The number of carbonyl (C=O) groups is 1. The number of nitrogens with one attached hydrogen (secondary N) is 1. The molecule has 1 atom stereocenters. The molecule has 1 aliphatic heterocycles. The van der Waals surface area contributed by atoms with E-state index in [1.54, 1.807) is 0 Å². The molecule has 0 amide bonds. The van der Waals surface area contributed by atoms with Crippen molar-refractivity contribution >= 4 is 16.6 Å². The summed E-state index contributed by atoms with van der Waals surface area (Å²) < 4.78 is 5.91. The van der Waals surface area contributed by atoms with Gasteiger partial charge in [0.25, 0.3) is 0 Å². The van der Waals surface area contributed by atoms with Crippen molar-refractivity contribution in [3.8, 4) is 5.75 Å².